The molecular formula is C40H50CaO10S2. The Balaban J connectivity index is 0.000000360. The molecule has 13 heteroatoms. The maximum Gasteiger partial charge on any atom is 2.00 e. The van der Waals surface area contributed by atoms with Crippen LogP contribution in [0.3, 0.4) is 0 Å². The number of rotatable bonds is 20. The van der Waals surface area contributed by atoms with Crippen molar-refractivity contribution in [3.05, 3.63) is 96.1 Å². The Bertz CT molecular complexity index is 1780. The number of phenols is 1. The number of phenolic OH excluding ortho intramolecular Hbond substituents is 1. The minimum absolute atomic E-state index is 0. The normalized spacial score (nSPS) is 11.2. The number of aromatic hydroxyl groups is 1. The van der Waals surface area contributed by atoms with E-state index in [0.29, 0.717) is 0 Å². The standard InChI is InChI=1S/2C20H26O5S.Ca/c2*1-2-3-4-5-6-7-10-16-13-14-18(17(21)15-16)25-19-11-8-9-12-20(19)26(22,23)24;/h2*8-9,11-15,21H,2-7,10H2,1H3,(H,22,23,24);/q;;+2/p-2. The molecule has 4 aromatic rings. The third kappa shape index (κ3) is 16.6. The van der Waals surface area contributed by atoms with Crippen molar-refractivity contribution in [3.63, 3.8) is 0 Å². The largest absolute Gasteiger partial charge is 2.00 e. The second-order valence-corrected chi connectivity index (χ2v) is 15.4. The first-order chi connectivity index (χ1) is 24.8. The van der Waals surface area contributed by atoms with E-state index >= 15 is 0 Å². The van der Waals surface area contributed by atoms with Gasteiger partial charge in [0.15, 0.2) is 11.5 Å². The summed E-state index contributed by atoms with van der Waals surface area (Å²) in [6, 6.07) is 21.2. The van der Waals surface area contributed by atoms with Gasteiger partial charge in [0.05, 0.1) is 4.90 Å². The monoisotopic (exact) mass is 794 g/mol. The number of benzene rings is 4. The molecule has 0 fully saturated rings. The molecule has 0 bridgehead atoms. The van der Waals surface area contributed by atoms with Gasteiger partial charge in [-0.15, -0.1) is 0 Å². The molecule has 0 heterocycles. The second-order valence-electron chi connectivity index (χ2n) is 12.6. The molecule has 2 N–H and O–H groups in total. The number of hydrogen-bond acceptors (Lipinski definition) is 9. The molecule has 0 atom stereocenters. The molecular weight excluding hydrogens is 745 g/mol. The molecule has 4 aromatic carbocycles. The molecule has 0 radical (unpaired) electrons. The van der Waals surface area contributed by atoms with Gasteiger partial charge < -0.3 is 24.2 Å². The zero-order valence-electron chi connectivity index (χ0n) is 30.7. The quantitative estimate of drug-likeness (QED) is 0.0499. The summed E-state index contributed by atoms with van der Waals surface area (Å²) in [7, 11) is -9.08. The molecule has 0 spiro atoms. The van der Waals surface area contributed by atoms with Crippen molar-refractivity contribution >= 4 is 58.0 Å². The van der Waals surface area contributed by atoms with E-state index in [0.717, 1.165) is 49.3 Å². The molecule has 0 saturated carbocycles. The van der Waals surface area contributed by atoms with Crippen LogP contribution in [0.15, 0.2) is 94.7 Å². The van der Waals surface area contributed by atoms with Gasteiger partial charge in [-0.2, -0.15) is 8.42 Å². The van der Waals surface area contributed by atoms with Crippen LogP contribution in [0, 0.1) is 0 Å². The van der Waals surface area contributed by atoms with Crippen molar-refractivity contribution in [3.8, 4) is 34.5 Å². The summed E-state index contributed by atoms with van der Waals surface area (Å²) >= 11 is 0. The minimum atomic E-state index is -4.67. The average Bonchev–Trinajstić information content (AvgIpc) is 3.10. The number of para-hydroxylation sites is 2. The SMILES string of the molecule is CCCCCCCCc1ccc(Oc2ccccc2S(=O)(=O)O)c(O)c1.CCCCCCCCc1ccc(Oc2ccccc2S(=O)(=O)[O-])c([O-])c1.[Ca+2]. The molecule has 0 unspecified atom stereocenters. The Morgan fingerprint density at radius 1 is 0.566 bits per heavy atom. The van der Waals surface area contributed by atoms with E-state index in [1.807, 2.05) is 6.07 Å². The smallest absolute Gasteiger partial charge is 0.870 e. The van der Waals surface area contributed by atoms with Crippen LogP contribution in [0.4, 0.5) is 0 Å². The maximum absolute atomic E-state index is 12.2. The van der Waals surface area contributed by atoms with Crippen molar-refractivity contribution in [2.45, 2.75) is 114 Å². The van der Waals surface area contributed by atoms with Gasteiger partial charge in [-0.3, -0.25) is 4.55 Å². The minimum Gasteiger partial charge on any atom is -0.870 e. The molecule has 0 aromatic heterocycles. The molecule has 0 amide bonds. The Hall–Kier alpha value is -2.84. The summed E-state index contributed by atoms with van der Waals surface area (Å²) in [5.41, 5.74) is 1.94. The Kier molecular flexibility index (Phi) is 20.8. The van der Waals surface area contributed by atoms with E-state index in [9.17, 15) is 36.2 Å². The predicted octanol–water partition coefficient (Wildman–Crippen LogP) is 9.31. The summed E-state index contributed by atoms with van der Waals surface area (Å²) < 4.78 is 76.8. The van der Waals surface area contributed by atoms with Crippen LogP contribution in [-0.2, 0) is 33.1 Å². The molecule has 4 rings (SSSR count). The van der Waals surface area contributed by atoms with Gasteiger partial charge in [-0.25, -0.2) is 8.42 Å². The van der Waals surface area contributed by atoms with E-state index in [1.165, 1.54) is 100 Å². The van der Waals surface area contributed by atoms with E-state index < -0.39 is 25.1 Å². The predicted molar refractivity (Wildman–Crippen MR) is 205 cm³/mol. The van der Waals surface area contributed by atoms with Crippen LogP contribution in [0.5, 0.6) is 34.5 Å². The molecule has 284 valence electrons. The van der Waals surface area contributed by atoms with Gasteiger partial charge in [0, 0.05) is 0 Å². The van der Waals surface area contributed by atoms with E-state index in [1.54, 1.807) is 30.3 Å². The van der Waals surface area contributed by atoms with E-state index in [4.69, 9.17) is 9.47 Å². The van der Waals surface area contributed by atoms with E-state index in [-0.39, 0.29) is 77.1 Å². The number of unbranched alkanes of at least 4 members (excludes halogenated alkanes) is 10. The Morgan fingerprint density at radius 3 is 1.49 bits per heavy atom. The van der Waals surface area contributed by atoms with Crippen LogP contribution < -0.4 is 14.6 Å². The van der Waals surface area contributed by atoms with Crippen molar-refractivity contribution < 1.29 is 45.6 Å². The zero-order valence-corrected chi connectivity index (χ0v) is 34.5. The fraction of sp³-hybridized carbons (Fsp3) is 0.400. The molecule has 0 aliphatic carbocycles. The number of aryl methyl sites for hydroxylation is 2. The summed E-state index contributed by atoms with van der Waals surface area (Å²) in [6.07, 6.45) is 16.0. The average molecular weight is 795 g/mol. The number of hydrogen-bond donors (Lipinski definition) is 2. The van der Waals surface area contributed by atoms with Crippen molar-refractivity contribution in [1.82, 2.24) is 0 Å². The Morgan fingerprint density at radius 2 is 1.00 bits per heavy atom. The first-order valence-electron chi connectivity index (χ1n) is 17.9. The molecule has 0 saturated heterocycles. The first kappa shape index (κ1) is 46.3. The fourth-order valence-corrected chi connectivity index (χ4v) is 6.76. The fourth-order valence-electron chi connectivity index (χ4n) is 5.54. The first-order valence-corrected chi connectivity index (χ1v) is 20.8. The van der Waals surface area contributed by atoms with Crippen LogP contribution in [0.1, 0.15) is 102 Å². The van der Waals surface area contributed by atoms with Crippen LogP contribution in [0.25, 0.3) is 0 Å². The summed E-state index contributed by atoms with van der Waals surface area (Å²) in [4.78, 5) is -0.814. The van der Waals surface area contributed by atoms with Crippen molar-refractivity contribution in [2.24, 2.45) is 0 Å². The van der Waals surface area contributed by atoms with Crippen LogP contribution in [-0.4, -0.2) is 68.8 Å². The van der Waals surface area contributed by atoms with Gasteiger partial charge in [0.1, 0.15) is 32.3 Å². The second kappa shape index (κ2) is 23.8. The van der Waals surface area contributed by atoms with Gasteiger partial charge in [0.2, 0.25) is 0 Å². The Labute approximate surface area is 345 Å². The van der Waals surface area contributed by atoms with E-state index in [2.05, 4.69) is 13.8 Å². The zero-order chi connectivity index (χ0) is 38.0. The van der Waals surface area contributed by atoms with Crippen LogP contribution in [0.2, 0.25) is 0 Å². The molecule has 0 aliphatic rings. The third-order valence-corrected chi connectivity index (χ3v) is 10.1. The third-order valence-electron chi connectivity index (χ3n) is 8.35. The summed E-state index contributed by atoms with van der Waals surface area (Å²) in [5.74, 6) is -0.400. The maximum atomic E-state index is 12.2. The molecule has 10 nitrogen and oxygen atoms in total. The van der Waals surface area contributed by atoms with Gasteiger partial charge in [-0.1, -0.05) is 126 Å². The molecule has 0 aliphatic heterocycles. The summed E-state index contributed by atoms with van der Waals surface area (Å²) in [6.45, 7) is 4.38. The van der Waals surface area contributed by atoms with Crippen molar-refractivity contribution in [1.29, 1.82) is 0 Å². The van der Waals surface area contributed by atoms with Gasteiger partial charge in [-0.05, 0) is 79.3 Å². The summed E-state index contributed by atoms with van der Waals surface area (Å²) in [5, 5.41) is 22.4. The van der Waals surface area contributed by atoms with Crippen molar-refractivity contribution in [2.75, 3.05) is 0 Å². The topological polar surface area (TPSA) is 173 Å². The number of ether oxygens (including phenoxy) is 2. The van der Waals surface area contributed by atoms with Crippen LogP contribution >= 0.6 is 0 Å². The molecule has 53 heavy (non-hydrogen) atoms. The van der Waals surface area contributed by atoms with Gasteiger partial charge >= 0.3 is 37.7 Å². The van der Waals surface area contributed by atoms with Gasteiger partial charge in [0.25, 0.3) is 10.1 Å².